The molecule has 120 valence electrons. The average Bonchev–Trinajstić information content (AvgIpc) is 3.13. The number of aromatic nitrogens is 1. The molecule has 1 aromatic heterocycles. The number of carbonyl (C=O) groups is 2. The fourth-order valence-corrected chi connectivity index (χ4v) is 3.25. The summed E-state index contributed by atoms with van der Waals surface area (Å²) >= 11 is 0. The summed E-state index contributed by atoms with van der Waals surface area (Å²) in [6, 6.07) is 13.3. The molecule has 1 N–H and O–H groups in total. The molecule has 2 heterocycles. The molecule has 0 spiro atoms. The zero-order valence-electron chi connectivity index (χ0n) is 13.3. The third kappa shape index (κ3) is 2.74. The monoisotopic (exact) mass is 312 g/mol. The summed E-state index contributed by atoms with van der Waals surface area (Å²) in [5.41, 5.74) is 2.57. The summed E-state index contributed by atoms with van der Waals surface area (Å²) < 4.78 is 1.84. The maximum atomic E-state index is 12.7. The smallest absolute Gasteiger partial charge is 0.308 e. The van der Waals surface area contributed by atoms with Gasteiger partial charge in [0.15, 0.2) is 0 Å². The molecular formula is C18H20N2O3. The molecule has 0 aliphatic carbocycles. The Bertz CT molecular complexity index is 736. The third-order valence-corrected chi connectivity index (χ3v) is 4.74. The average molecular weight is 312 g/mol. The van der Waals surface area contributed by atoms with Gasteiger partial charge < -0.3 is 14.6 Å². The number of hydrogen-bond acceptors (Lipinski definition) is 2. The van der Waals surface area contributed by atoms with E-state index in [1.165, 1.54) is 0 Å². The van der Waals surface area contributed by atoms with E-state index in [1.807, 2.05) is 54.9 Å². The number of benzene rings is 1. The fourth-order valence-electron chi connectivity index (χ4n) is 3.25. The summed E-state index contributed by atoms with van der Waals surface area (Å²) in [6.45, 7) is 2.62. The van der Waals surface area contributed by atoms with Crippen molar-refractivity contribution >= 4 is 11.9 Å². The summed E-state index contributed by atoms with van der Waals surface area (Å²) in [6.07, 6.45) is 0. The van der Waals surface area contributed by atoms with E-state index >= 15 is 0 Å². The Hall–Kier alpha value is -2.56. The van der Waals surface area contributed by atoms with Gasteiger partial charge in [-0.25, -0.2) is 0 Å². The standard InChI is InChI=1S/C18H20N2O3/c1-12-8-9-16(19(12)2)17(21)20-10-14(15(11-20)18(22)23)13-6-4-3-5-7-13/h3-9,14-15H,10-11H2,1-2H3,(H,22,23). The highest BCUT2D eigenvalue weighted by atomic mass is 16.4. The first kappa shape index (κ1) is 15.3. The molecule has 23 heavy (non-hydrogen) atoms. The number of rotatable bonds is 3. The largest absolute Gasteiger partial charge is 0.481 e. The zero-order valence-corrected chi connectivity index (χ0v) is 13.3. The molecule has 0 saturated carbocycles. The first-order valence-electron chi connectivity index (χ1n) is 7.68. The van der Waals surface area contributed by atoms with Crippen molar-refractivity contribution in [1.29, 1.82) is 0 Å². The second-order valence-electron chi connectivity index (χ2n) is 6.09. The van der Waals surface area contributed by atoms with Crippen molar-refractivity contribution in [2.75, 3.05) is 13.1 Å². The van der Waals surface area contributed by atoms with Gasteiger partial charge in [0, 0.05) is 31.7 Å². The van der Waals surface area contributed by atoms with Gasteiger partial charge >= 0.3 is 5.97 Å². The first-order valence-corrected chi connectivity index (χ1v) is 7.68. The Morgan fingerprint density at radius 1 is 1.09 bits per heavy atom. The van der Waals surface area contributed by atoms with Gasteiger partial charge in [-0.15, -0.1) is 0 Å². The minimum Gasteiger partial charge on any atom is -0.481 e. The molecule has 1 aromatic carbocycles. The molecule has 3 rings (SSSR count). The van der Waals surface area contributed by atoms with Crippen LogP contribution in [0.1, 0.15) is 27.7 Å². The van der Waals surface area contributed by atoms with E-state index in [0.29, 0.717) is 12.2 Å². The first-order chi connectivity index (χ1) is 11.0. The van der Waals surface area contributed by atoms with Crippen molar-refractivity contribution in [3.63, 3.8) is 0 Å². The Labute approximate surface area is 135 Å². The van der Waals surface area contributed by atoms with Crippen LogP contribution in [0.5, 0.6) is 0 Å². The van der Waals surface area contributed by atoms with Gasteiger partial charge in [0.05, 0.1) is 5.92 Å². The molecule has 1 fully saturated rings. The topological polar surface area (TPSA) is 62.5 Å². The van der Waals surface area contributed by atoms with Crippen LogP contribution in [0, 0.1) is 12.8 Å². The van der Waals surface area contributed by atoms with Crippen LogP contribution in [0.2, 0.25) is 0 Å². The van der Waals surface area contributed by atoms with Gasteiger partial charge in [-0.1, -0.05) is 30.3 Å². The van der Waals surface area contributed by atoms with Crippen LogP contribution in [0.25, 0.3) is 0 Å². The number of hydrogen-bond donors (Lipinski definition) is 1. The Kier molecular flexibility index (Phi) is 3.94. The van der Waals surface area contributed by atoms with Gasteiger partial charge in [-0.2, -0.15) is 0 Å². The van der Waals surface area contributed by atoms with Crippen LogP contribution in [-0.2, 0) is 11.8 Å². The lowest BCUT2D eigenvalue weighted by atomic mass is 9.89. The van der Waals surface area contributed by atoms with E-state index in [9.17, 15) is 14.7 Å². The summed E-state index contributed by atoms with van der Waals surface area (Å²) in [5.74, 6) is -1.69. The van der Waals surface area contributed by atoms with E-state index < -0.39 is 11.9 Å². The lowest BCUT2D eigenvalue weighted by molar-refractivity contribution is -0.141. The molecule has 5 nitrogen and oxygen atoms in total. The van der Waals surface area contributed by atoms with Crippen molar-refractivity contribution in [3.05, 3.63) is 59.4 Å². The molecule has 0 radical (unpaired) electrons. The molecule has 1 amide bonds. The minimum absolute atomic E-state index is 0.106. The molecule has 2 atom stereocenters. The van der Waals surface area contributed by atoms with E-state index in [4.69, 9.17) is 0 Å². The summed E-state index contributed by atoms with van der Waals surface area (Å²) in [5, 5.41) is 9.53. The predicted molar refractivity (Wildman–Crippen MR) is 86.4 cm³/mol. The van der Waals surface area contributed by atoms with Crippen molar-refractivity contribution in [3.8, 4) is 0 Å². The summed E-state index contributed by atoms with van der Waals surface area (Å²) in [4.78, 5) is 26.0. The Morgan fingerprint density at radius 2 is 1.78 bits per heavy atom. The van der Waals surface area contributed by atoms with Gasteiger partial charge in [0.25, 0.3) is 5.91 Å². The van der Waals surface area contributed by atoms with Crippen LogP contribution in [0.4, 0.5) is 0 Å². The highest BCUT2D eigenvalue weighted by molar-refractivity contribution is 5.93. The molecule has 1 aliphatic rings. The molecule has 1 aliphatic heterocycles. The number of likely N-dealkylation sites (tertiary alicyclic amines) is 1. The number of carboxylic acid groups (broad SMARTS) is 1. The maximum Gasteiger partial charge on any atom is 0.308 e. The summed E-state index contributed by atoms with van der Waals surface area (Å²) in [7, 11) is 1.85. The molecule has 5 heteroatoms. The molecule has 2 aromatic rings. The molecule has 2 unspecified atom stereocenters. The highest BCUT2D eigenvalue weighted by Gasteiger charge is 2.41. The van der Waals surface area contributed by atoms with E-state index in [0.717, 1.165) is 11.3 Å². The lowest BCUT2D eigenvalue weighted by Crippen LogP contribution is -2.31. The van der Waals surface area contributed by atoms with Crippen LogP contribution >= 0.6 is 0 Å². The number of carbonyl (C=O) groups excluding carboxylic acids is 1. The second-order valence-corrected chi connectivity index (χ2v) is 6.09. The maximum absolute atomic E-state index is 12.7. The lowest BCUT2D eigenvalue weighted by Gasteiger charge is -2.17. The van der Waals surface area contributed by atoms with Crippen LogP contribution in [-0.4, -0.2) is 39.5 Å². The van der Waals surface area contributed by atoms with E-state index in [2.05, 4.69) is 0 Å². The number of aryl methyl sites for hydroxylation is 1. The van der Waals surface area contributed by atoms with Gasteiger partial charge in [0.2, 0.25) is 0 Å². The van der Waals surface area contributed by atoms with Gasteiger partial charge in [-0.05, 0) is 24.6 Å². The SMILES string of the molecule is Cc1ccc(C(=O)N2CC(C(=O)O)C(c3ccccc3)C2)n1C. The zero-order chi connectivity index (χ0) is 16.6. The molecular weight excluding hydrogens is 292 g/mol. The van der Waals surface area contributed by atoms with Crippen molar-refractivity contribution in [2.24, 2.45) is 13.0 Å². The molecule has 0 bridgehead atoms. The van der Waals surface area contributed by atoms with Crippen LogP contribution < -0.4 is 0 Å². The Morgan fingerprint density at radius 3 is 2.35 bits per heavy atom. The van der Waals surface area contributed by atoms with Crippen LogP contribution in [0.15, 0.2) is 42.5 Å². The molecule has 1 saturated heterocycles. The number of amides is 1. The highest BCUT2D eigenvalue weighted by Crippen LogP contribution is 2.33. The number of nitrogens with zero attached hydrogens (tertiary/aromatic N) is 2. The van der Waals surface area contributed by atoms with Crippen molar-refractivity contribution in [2.45, 2.75) is 12.8 Å². The van der Waals surface area contributed by atoms with Gasteiger partial charge in [0.1, 0.15) is 5.69 Å². The predicted octanol–water partition coefficient (Wildman–Crippen LogP) is 2.27. The van der Waals surface area contributed by atoms with E-state index in [1.54, 1.807) is 11.0 Å². The van der Waals surface area contributed by atoms with Gasteiger partial charge in [-0.3, -0.25) is 9.59 Å². The van der Waals surface area contributed by atoms with Crippen LogP contribution in [0.3, 0.4) is 0 Å². The minimum atomic E-state index is -0.850. The second kappa shape index (κ2) is 5.91. The normalized spacial score (nSPS) is 20.7. The number of carboxylic acids is 1. The quantitative estimate of drug-likeness (QED) is 0.945. The van der Waals surface area contributed by atoms with E-state index in [-0.39, 0.29) is 18.4 Å². The fraction of sp³-hybridized carbons (Fsp3) is 0.333. The van der Waals surface area contributed by atoms with Crippen molar-refractivity contribution < 1.29 is 14.7 Å². The van der Waals surface area contributed by atoms with Crippen molar-refractivity contribution in [1.82, 2.24) is 9.47 Å². The number of aliphatic carboxylic acids is 1. The third-order valence-electron chi connectivity index (χ3n) is 4.74. The Balaban J connectivity index is 1.87.